The van der Waals surface area contributed by atoms with Crippen molar-refractivity contribution in [3.05, 3.63) is 101 Å². The Morgan fingerprint density at radius 2 is 1.63 bits per heavy atom. The summed E-state index contributed by atoms with van der Waals surface area (Å²) in [6.45, 7) is 4.24. The molecule has 0 aromatic heterocycles. The highest BCUT2D eigenvalue weighted by molar-refractivity contribution is 7.92. The smallest absolute Gasteiger partial charge is 0.354 e. The lowest BCUT2D eigenvalue weighted by Gasteiger charge is -2.32. The highest BCUT2D eigenvalue weighted by Gasteiger charge is 2.33. The van der Waals surface area contributed by atoms with Crippen LogP contribution in [0.1, 0.15) is 48.4 Å². The maximum atomic E-state index is 13.9. The molecule has 0 fully saturated rings. The SMILES string of the molecule is CCCNC(=O)C(Cc1ccccc1)N(Cc1ccccc1C)C(=O)CCCN(c1cccc(C(F)(F)F)c1)S(C)(=O)=O. The number of sulfonamides is 1. The van der Waals surface area contributed by atoms with Crippen molar-refractivity contribution in [2.24, 2.45) is 0 Å². The third kappa shape index (κ3) is 9.84. The molecule has 7 nitrogen and oxygen atoms in total. The van der Waals surface area contributed by atoms with Gasteiger partial charge in [-0.15, -0.1) is 0 Å². The lowest BCUT2D eigenvalue weighted by Crippen LogP contribution is -2.50. The van der Waals surface area contributed by atoms with Crippen molar-refractivity contribution < 1.29 is 31.2 Å². The van der Waals surface area contributed by atoms with E-state index in [1.165, 1.54) is 11.0 Å². The van der Waals surface area contributed by atoms with Crippen molar-refractivity contribution >= 4 is 27.5 Å². The maximum Gasteiger partial charge on any atom is 0.416 e. The second-order valence-electron chi connectivity index (χ2n) is 10.4. The Balaban J connectivity index is 1.89. The van der Waals surface area contributed by atoms with Crippen LogP contribution >= 0.6 is 0 Å². The highest BCUT2D eigenvalue weighted by Crippen LogP contribution is 2.32. The molecular formula is C32H38F3N3O4S. The summed E-state index contributed by atoms with van der Waals surface area (Å²) in [7, 11) is -3.96. The van der Waals surface area contributed by atoms with Crippen LogP contribution in [-0.2, 0) is 38.8 Å². The van der Waals surface area contributed by atoms with Gasteiger partial charge in [0.15, 0.2) is 0 Å². The van der Waals surface area contributed by atoms with E-state index >= 15 is 0 Å². The molecule has 1 atom stereocenters. The van der Waals surface area contributed by atoms with Gasteiger partial charge < -0.3 is 10.2 Å². The number of rotatable bonds is 14. The number of hydrogen-bond acceptors (Lipinski definition) is 4. The lowest BCUT2D eigenvalue weighted by molar-refractivity contribution is -0.141. The number of carbonyl (C=O) groups is 2. The first-order valence-corrected chi connectivity index (χ1v) is 16.0. The Morgan fingerprint density at radius 3 is 2.26 bits per heavy atom. The van der Waals surface area contributed by atoms with E-state index in [-0.39, 0.29) is 49.9 Å². The zero-order valence-electron chi connectivity index (χ0n) is 24.6. The average Bonchev–Trinajstić information content (AvgIpc) is 2.96. The molecule has 11 heteroatoms. The average molecular weight is 618 g/mol. The van der Waals surface area contributed by atoms with E-state index in [4.69, 9.17) is 0 Å². The number of anilines is 1. The first-order valence-electron chi connectivity index (χ1n) is 14.1. The number of halogens is 3. The molecule has 0 aliphatic carbocycles. The van der Waals surface area contributed by atoms with Gasteiger partial charge in [-0.05, 0) is 54.7 Å². The fourth-order valence-electron chi connectivity index (χ4n) is 4.73. The zero-order chi connectivity index (χ0) is 31.6. The second kappa shape index (κ2) is 15.0. The molecule has 0 bridgehead atoms. The highest BCUT2D eigenvalue weighted by atomic mass is 32.2. The number of nitrogens with zero attached hydrogens (tertiary/aromatic N) is 2. The van der Waals surface area contributed by atoms with Crippen molar-refractivity contribution in [2.75, 3.05) is 23.7 Å². The van der Waals surface area contributed by atoms with Crippen molar-refractivity contribution in [3.8, 4) is 0 Å². The van der Waals surface area contributed by atoms with Gasteiger partial charge in [-0.1, -0.05) is 67.6 Å². The molecule has 0 aliphatic rings. The van der Waals surface area contributed by atoms with E-state index in [2.05, 4.69) is 5.32 Å². The van der Waals surface area contributed by atoms with Crippen LogP contribution in [0.25, 0.3) is 0 Å². The summed E-state index contributed by atoms with van der Waals surface area (Å²) in [6.07, 6.45) is -2.84. The fraction of sp³-hybridized carbons (Fsp3) is 0.375. The molecule has 0 saturated carbocycles. The van der Waals surface area contributed by atoms with Gasteiger partial charge in [0.2, 0.25) is 21.8 Å². The van der Waals surface area contributed by atoms with Gasteiger partial charge >= 0.3 is 6.18 Å². The summed E-state index contributed by atoms with van der Waals surface area (Å²) in [5, 5.41) is 2.91. The van der Waals surface area contributed by atoms with E-state index < -0.39 is 27.8 Å². The molecule has 3 aromatic carbocycles. The normalized spacial score (nSPS) is 12.4. The molecule has 1 unspecified atom stereocenters. The molecule has 0 radical (unpaired) electrons. The van der Waals surface area contributed by atoms with Crippen LogP contribution in [0.15, 0.2) is 78.9 Å². The van der Waals surface area contributed by atoms with Crippen LogP contribution in [0.4, 0.5) is 18.9 Å². The minimum Gasteiger partial charge on any atom is -0.354 e. The molecule has 0 heterocycles. The maximum absolute atomic E-state index is 13.9. The lowest BCUT2D eigenvalue weighted by atomic mass is 10.0. The largest absolute Gasteiger partial charge is 0.416 e. The Bertz CT molecular complexity index is 1480. The Morgan fingerprint density at radius 1 is 0.953 bits per heavy atom. The monoisotopic (exact) mass is 617 g/mol. The molecular weight excluding hydrogens is 579 g/mol. The van der Waals surface area contributed by atoms with E-state index in [1.54, 1.807) is 0 Å². The predicted octanol–water partition coefficient (Wildman–Crippen LogP) is 5.73. The van der Waals surface area contributed by atoms with Crippen LogP contribution in [-0.4, -0.2) is 50.5 Å². The van der Waals surface area contributed by atoms with Gasteiger partial charge in [0.1, 0.15) is 6.04 Å². The molecule has 3 rings (SSSR count). The summed E-state index contributed by atoms with van der Waals surface area (Å²) in [5.74, 6) is -0.664. The number of alkyl halides is 3. The molecule has 0 spiro atoms. The van der Waals surface area contributed by atoms with Crippen LogP contribution in [0, 0.1) is 6.92 Å². The van der Waals surface area contributed by atoms with Crippen molar-refractivity contribution in [2.45, 2.75) is 58.3 Å². The van der Waals surface area contributed by atoms with Crippen LogP contribution in [0.5, 0.6) is 0 Å². The number of nitrogens with one attached hydrogen (secondary N) is 1. The number of hydrogen-bond donors (Lipinski definition) is 1. The Labute approximate surface area is 251 Å². The molecule has 232 valence electrons. The minimum atomic E-state index is -4.64. The van der Waals surface area contributed by atoms with Crippen molar-refractivity contribution in [3.63, 3.8) is 0 Å². The summed E-state index contributed by atoms with van der Waals surface area (Å²) in [5.41, 5.74) is 1.57. The molecule has 0 aliphatic heterocycles. The summed E-state index contributed by atoms with van der Waals surface area (Å²) < 4.78 is 65.9. The molecule has 0 saturated heterocycles. The van der Waals surface area contributed by atoms with Crippen molar-refractivity contribution in [1.29, 1.82) is 0 Å². The minimum absolute atomic E-state index is 0.0288. The topological polar surface area (TPSA) is 86.8 Å². The van der Waals surface area contributed by atoms with E-state index in [0.717, 1.165) is 45.5 Å². The third-order valence-electron chi connectivity index (χ3n) is 7.04. The standard InChI is InChI=1S/C32H38F3N3O4S/c1-4-19-36-31(40)29(21-25-13-6-5-7-14-25)37(23-26-15-9-8-12-24(26)2)30(39)18-11-20-38(43(3,41)42)28-17-10-16-27(22-28)32(33,34)35/h5-10,12-17,22,29H,4,11,18-21,23H2,1-3H3,(H,36,40). The van der Waals surface area contributed by atoms with Crippen molar-refractivity contribution in [1.82, 2.24) is 10.2 Å². The molecule has 43 heavy (non-hydrogen) atoms. The van der Waals surface area contributed by atoms with Gasteiger partial charge in [-0.2, -0.15) is 13.2 Å². The van der Waals surface area contributed by atoms with Gasteiger partial charge in [-0.25, -0.2) is 8.42 Å². The first-order chi connectivity index (χ1) is 20.3. The van der Waals surface area contributed by atoms with Gasteiger partial charge in [0.25, 0.3) is 0 Å². The second-order valence-corrected chi connectivity index (χ2v) is 12.3. The molecule has 1 N–H and O–H groups in total. The number of aryl methyl sites for hydroxylation is 1. The van der Waals surface area contributed by atoms with Crippen LogP contribution in [0.3, 0.4) is 0 Å². The summed E-state index contributed by atoms with van der Waals surface area (Å²) >= 11 is 0. The number of benzene rings is 3. The summed E-state index contributed by atoms with van der Waals surface area (Å²) in [4.78, 5) is 28.8. The number of amides is 2. The van der Waals surface area contributed by atoms with Crippen LogP contribution < -0.4 is 9.62 Å². The van der Waals surface area contributed by atoms with E-state index in [1.807, 2.05) is 68.4 Å². The van der Waals surface area contributed by atoms with Crippen LogP contribution in [0.2, 0.25) is 0 Å². The van der Waals surface area contributed by atoms with E-state index in [9.17, 15) is 31.2 Å². The van der Waals surface area contributed by atoms with Gasteiger partial charge in [0.05, 0.1) is 17.5 Å². The fourth-order valence-corrected chi connectivity index (χ4v) is 5.69. The van der Waals surface area contributed by atoms with E-state index in [0.29, 0.717) is 13.0 Å². The summed E-state index contributed by atoms with van der Waals surface area (Å²) in [6, 6.07) is 20.1. The van der Waals surface area contributed by atoms with Gasteiger partial charge in [-0.3, -0.25) is 13.9 Å². The zero-order valence-corrected chi connectivity index (χ0v) is 25.4. The quantitative estimate of drug-likeness (QED) is 0.251. The van der Waals surface area contributed by atoms with Gasteiger partial charge in [0, 0.05) is 32.5 Å². The molecule has 2 amide bonds. The first kappa shape index (κ1) is 33.6. The number of carbonyl (C=O) groups excluding carboxylic acids is 2. The predicted molar refractivity (Wildman–Crippen MR) is 162 cm³/mol. The Kier molecular flexibility index (Phi) is 11.8. The Hall–Kier alpha value is -3.86. The third-order valence-corrected chi connectivity index (χ3v) is 8.23. The molecule has 3 aromatic rings.